The molecular formula is C51H33N5. The normalized spacial score (nSPS) is 14.5. The van der Waals surface area contributed by atoms with Crippen molar-refractivity contribution in [2.75, 3.05) is 0 Å². The molecule has 10 aromatic rings. The van der Waals surface area contributed by atoms with Crippen LogP contribution in [-0.4, -0.2) is 24.5 Å². The number of rotatable bonds is 6. The Morgan fingerprint density at radius 1 is 0.411 bits per heavy atom. The highest BCUT2D eigenvalue weighted by molar-refractivity contribution is 6.13. The molecule has 1 unspecified atom stereocenters. The van der Waals surface area contributed by atoms with E-state index in [-0.39, 0.29) is 0 Å². The summed E-state index contributed by atoms with van der Waals surface area (Å²) < 4.78 is 2.45. The quantitative estimate of drug-likeness (QED) is 0.172. The Hall–Kier alpha value is -7.50. The first kappa shape index (κ1) is 32.0. The number of nitrogens with zero attached hydrogens (tertiary/aromatic N) is 5. The van der Waals surface area contributed by atoms with Gasteiger partial charge in [0.05, 0.1) is 16.4 Å². The van der Waals surface area contributed by atoms with Crippen LogP contribution < -0.4 is 0 Å². The molecule has 0 N–H and O–H groups in total. The molecule has 56 heavy (non-hydrogen) atoms. The summed E-state index contributed by atoms with van der Waals surface area (Å²) in [6.45, 7) is 0. The molecule has 0 amide bonds. The van der Waals surface area contributed by atoms with Gasteiger partial charge in [0, 0.05) is 51.1 Å². The predicted molar refractivity (Wildman–Crippen MR) is 226 cm³/mol. The van der Waals surface area contributed by atoms with Gasteiger partial charge in [0.25, 0.3) is 0 Å². The Bertz CT molecular complexity index is 2950. The lowest BCUT2D eigenvalue weighted by Gasteiger charge is -2.34. The minimum absolute atomic E-state index is 0.612. The van der Waals surface area contributed by atoms with Crippen molar-refractivity contribution in [1.29, 1.82) is 0 Å². The van der Waals surface area contributed by atoms with Gasteiger partial charge in [-0.1, -0.05) is 152 Å². The van der Waals surface area contributed by atoms with E-state index in [2.05, 4.69) is 132 Å². The van der Waals surface area contributed by atoms with E-state index >= 15 is 0 Å². The molecule has 0 saturated carbocycles. The molecule has 0 saturated heterocycles. The Morgan fingerprint density at radius 3 is 1.64 bits per heavy atom. The molecule has 0 aliphatic heterocycles. The average molecular weight is 716 g/mol. The molecule has 0 radical (unpaired) electrons. The van der Waals surface area contributed by atoms with Gasteiger partial charge in [-0.15, -0.1) is 0 Å². The van der Waals surface area contributed by atoms with E-state index in [1.54, 1.807) is 0 Å². The van der Waals surface area contributed by atoms with E-state index in [0.29, 0.717) is 17.5 Å². The summed E-state index contributed by atoms with van der Waals surface area (Å²) >= 11 is 0. The molecule has 3 aromatic heterocycles. The van der Waals surface area contributed by atoms with Crippen molar-refractivity contribution in [2.45, 2.75) is 5.41 Å². The fourth-order valence-corrected chi connectivity index (χ4v) is 8.85. The monoisotopic (exact) mass is 715 g/mol. The Kier molecular flexibility index (Phi) is 7.32. The van der Waals surface area contributed by atoms with Gasteiger partial charge in [-0.2, -0.15) is 0 Å². The van der Waals surface area contributed by atoms with Crippen molar-refractivity contribution in [3.8, 4) is 51.0 Å². The lowest BCUT2D eigenvalue weighted by atomic mass is 9.67. The third kappa shape index (κ3) is 4.81. The fourth-order valence-electron chi connectivity index (χ4n) is 8.85. The smallest absolute Gasteiger partial charge is 0.164 e. The maximum atomic E-state index is 5.01. The summed E-state index contributed by atoms with van der Waals surface area (Å²) in [4.78, 5) is 19.7. The van der Waals surface area contributed by atoms with Crippen LogP contribution >= 0.6 is 0 Å². The number of aromatic nitrogens is 5. The molecule has 1 atom stereocenters. The lowest BCUT2D eigenvalue weighted by molar-refractivity contribution is 0.766. The van der Waals surface area contributed by atoms with Crippen molar-refractivity contribution < 1.29 is 0 Å². The van der Waals surface area contributed by atoms with E-state index in [0.717, 1.165) is 33.5 Å². The van der Waals surface area contributed by atoms with E-state index < -0.39 is 5.41 Å². The largest absolute Gasteiger partial charge is 0.309 e. The summed E-state index contributed by atoms with van der Waals surface area (Å²) in [6.07, 6.45) is 3.91. The van der Waals surface area contributed by atoms with Crippen LogP contribution in [-0.2, 0) is 5.41 Å². The molecule has 1 aliphatic rings. The second kappa shape index (κ2) is 12.8. The highest BCUT2D eigenvalue weighted by atomic mass is 15.0. The first-order valence-electron chi connectivity index (χ1n) is 18.9. The van der Waals surface area contributed by atoms with Gasteiger partial charge in [-0.3, -0.25) is 4.98 Å². The van der Waals surface area contributed by atoms with Crippen molar-refractivity contribution in [3.05, 3.63) is 223 Å². The number of hydrogen-bond donors (Lipinski definition) is 0. The summed E-state index contributed by atoms with van der Waals surface area (Å²) in [5.41, 5.74) is 12.9. The SMILES string of the molecule is c1ccc(-c2nc(-c3ccccc3)nc(-c3ccc(-n4c5ccccc5c5ccc6c(c54)C(c4ccccc4)(c4cccnc4)c4ccccc4-6)cc3)n2)cc1. The van der Waals surface area contributed by atoms with Crippen LogP contribution in [0.5, 0.6) is 0 Å². The number of pyridine rings is 1. The minimum atomic E-state index is -0.612. The zero-order valence-electron chi connectivity index (χ0n) is 30.3. The fraction of sp³-hybridized carbons (Fsp3) is 0.0196. The topological polar surface area (TPSA) is 56.5 Å². The maximum absolute atomic E-state index is 5.01. The molecule has 0 spiro atoms. The van der Waals surface area contributed by atoms with Crippen molar-refractivity contribution in [2.24, 2.45) is 0 Å². The third-order valence-corrected chi connectivity index (χ3v) is 11.2. The van der Waals surface area contributed by atoms with Crippen LogP contribution in [0, 0.1) is 0 Å². The minimum Gasteiger partial charge on any atom is -0.309 e. The molecule has 7 aromatic carbocycles. The van der Waals surface area contributed by atoms with Crippen molar-refractivity contribution in [3.63, 3.8) is 0 Å². The molecule has 262 valence electrons. The van der Waals surface area contributed by atoms with Crippen LogP contribution in [0.2, 0.25) is 0 Å². The second-order valence-corrected chi connectivity index (χ2v) is 14.2. The first-order valence-corrected chi connectivity index (χ1v) is 18.9. The molecular weight excluding hydrogens is 683 g/mol. The second-order valence-electron chi connectivity index (χ2n) is 14.2. The van der Waals surface area contributed by atoms with Crippen molar-refractivity contribution in [1.82, 2.24) is 24.5 Å². The van der Waals surface area contributed by atoms with Crippen LogP contribution in [0.3, 0.4) is 0 Å². The molecule has 0 bridgehead atoms. The Labute approximate surface area is 324 Å². The standard InChI is InChI=1S/C51H33N5/c1-4-15-34(16-5-1)48-53-49(35-17-6-2-7-18-35)55-50(54-48)36-26-28-39(29-27-36)56-45-25-13-11-23-41(45)43-31-30-42-40-22-10-12-24-44(40)51(46(42)47(43)56,37-19-8-3-9-20-37)38-21-14-32-52-33-38/h1-33H. The van der Waals surface area contributed by atoms with Crippen LogP contribution in [0.25, 0.3) is 72.8 Å². The highest BCUT2D eigenvalue weighted by Crippen LogP contribution is 2.58. The first-order chi connectivity index (χ1) is 27.8. The van der Waals surface area contributed by atoms with Gasteiger partial charge in [0.1, 0.15) is 0 Å². The maximum Gasteiger partial charge on any atom is 0.164 e. The summed E-state index contributed by atoms with van der Waals surface area (Å²) in [6, 6.07) is 66.4. The van der Waals surface area contributed by atoms with E-state index in [9.17, 15) is 0 Å². The number of hydrogen-bond acceptors (Lipinski definition) is 4. The summed E-state index contributed by atoms with van der Waals surface area (Å²) in [5.74, 6) is 1.91. The van der Waals surface area contributed by atoms with E-state index in [1.807, 2.05) is 73.1 Å². The van der Waals surface area contributed by atoms with Gasteiger partial charge < -0.3 is 4.57 Å². The van der Waals surface area contributed by atoms with Crippen LogP contribution in [0.4, 0.5) is 0 Å². The van der Waals surface area contributed by atoms with E-state index in [1.165, 1.54) is 44.1 Å². The van der Waals surface area contributed by atoms with Gasteiger partial charge >= 0.3 is 0 Å². The molecule has 11 rings (SSSR count). The zero-order chi connectivity index (χ0) is 37.1. The van der Waals surface area contributed by atoms with Gasteiger partial charge in [0.2, 0.25) is 0 Å². The summed E-state index contributed by atoms with van der Waals surface area (Å²) in [5, 5.41) is 2.41. The number of fused-ring (bicyclic) bond motifs is 7. The molecule has 0 fully saturated rings. The number of benzene rings is 7. The van der Waals surface area contributed by atoms with Gasteiger partial charge in [0.15, 0.2) is 17.5 Å². The Morgan fingerprint density at radius 2 is 0.982 bits per heavy atom. The lowest BCUT2D eigenvalue weighted by Crippen LogP contribution is -2.29. The molecule has 5 nitrogen and oxygen atoms in total. The highest BCUT2D eigenvalue weighted by Gasteiger charge is 2.48. The molecule has 1 aliphatic carbocycles. The van der Waals surface area contributed by atoms with E-state index in [4.69, 9.17) is 19.9 Å². The average Bonchev–Trinajstić information content (AvgIpc) is 3.79. The third-order valence-electron chi connectivity index (χ3n) is 11.2. The molecule has 3 heterocycles. The van der Waals surface area contributed by atoms with Crippen LogP contribution in [0.15, 0.2) is 200 Å². The Balaban J connectivity index is 1.17. The van der Waals surface area contributed by atoms with Gasteiger partial charge in [-0.05, 0) is 64.2 Å². The number of para-hydroxylation sites is 1. The summed E-state index contributed by atoms with van der Waals surface area (Å²) in [7, 11) is 0. The van der Waals surface area contributed by atoms with Crippen LogP contribution in [0.1, 0.15) is 22.3 Å². The molecule has 5 heteroatoms. The van der Waals surface area contributed by atoms with Gasteiger partial charge in [-0.25, -0.2) is 15.0 Å². The zero-order valence-corrected chi connectivity index (χ0v) is 30.3. The predicted octanol–water partition coefficient (Wildman–Crippen LogP) is 11.7. The van der Waals surface area contributed by atoms with Crippen molar-refractivity contribution >= 4 is 21.8 Å².